The van der Waals surface area contributed by atoms with E-state index in [0.717, 1.165) is 22.4 Å². The van der Waals surface area contributed by atoms with Crippen molar-refractivity contribution in [3.63, 3.8) is 0 Å². The van der Waals surface area contributed by atoms with Crippen LogP contribution in [0.25, 0.3) is 0 Å². The molecule has 0 bridgehead atoms. The Hall–Kier alpha value is -1.74. The molecule has 16 heavy (non-hydrogen) atoms. The molecule has 0 radical (unpaired) electrons. The average Bonchev–Trinajstić information content (AvgIpc) is 2.29. The van der Waals surface area contributed by atoms with Gasteiger partial charge in [0.25, 0.3) is 0 Å². The van der Waals surface area contributed by atoms with Gasteiger partial charge in [-0.15, -0.1) is 0 Å². The van der Waals surface area contributed by atoms with Crippen molar-refractivity contribution in [2.75, 3.05) is 0 Å². The van der Waals surface area contributed by atoms with E-state index >= 15 is 0 Å². The minimum Gasteiger partial charge on any atom is -0.384 e. The first kappa shape index (κ1) is 10.8. The molecule has 2 rings (SSSR count). The van der Waals surface area contributed by atoms with Crippen molar-refractivity contribution < 1.29 is 5.11 Å². The summed E-state index contributed by atoms with van der Waals surface area (Å²) in [6.07, 6.45) is 4.50. The quantitative estimate of drug-likeness (QED) is 0.833. The zero-order chi connectivity index (χ0) is 11.5. The Kier molecular flexibility index (Phi) is 2.97. The van der Waals surface area contributed by atoms with E-state index in [2.05, 4.69) is 9.97 Å². The first-order chi connectivity index (χ1) is 7.70. The van der Waals surface area contributed by atoms with Crippen LogP contribution in [0.2, 0.25) is 0 Å². The molecule has 1 unspecified atom stereocenters. The number of hydrogen-bond acceptors (Lipinski definition) is 3. The number of rotatable bonds is 2. The third-order valence-corrected chi connectivity index (χ3v) is 2.72. The van der Waals surface area contributed by atoms with Gasteiger partial charge in [0.05, 0.1) is 0 Å². The summed E-state index contributed by atoms with van der Waals surface area (Å²) < 4.78 is 0. The zero-order valence-electron chi connectivity index (χ0n) is 9.38. The Balaban J connectivity index is 2.44. The molecule has 0 saturated heterocycles. The lowest BCUT2D eigenvalue weighted by atomic mass is 9.99. The summed E-state index contributed by atoms with van der Waals surface area (Å²) in [4.78, 5) is 8.22. The Labute approximate surface area is 94.8 Å². The van der Waals surface area contributed by atoms with E-state index < -0.39 is 6.10 Å². The molecular formula is C13H14N2O. The fraction of sp³-hybridized carbons (Fsp3) is 0.231. The molecule has 0 saturated carbocycles. The van der Waals surface area contributed by atoms with E-state index in [9.17, 15) is 5.11 Å². The third kappa shape index (κ3) is 1.95. The standard InChI is InChI=1S/C13H14N2O/c1-9-5-7-14-8-12(9)13(16)11-4-3-6-15-10(11)2/h3-8,13,16H,1-2H3. The van der Waals surface area contributed by atoms with Gasteiger partial charge in [-0.3, -0.25) is 9.97 Å². The summed E-state index contributed by atoms with van der Waals surface area (Å²) in [6, 6.07) is 5.61. The molecule has 0 aliphatic rings. The monoisotopic (exact) mass is 214 g/mol. The van der Waals surface area contributed by atoms with Crippen molar-refractivity contribution in [2.45, 2.75) is 20.0 Å². The molecule has 0 aliphatic carbocycles. The number of aliphatic hydroxyl groups is 1. The summed E-state index contributed by atoms with van der Waals surface area (Å²) in [7, 11) is 0. The second-order valence-electron chi connectivity index (χ2n) is 3.81. The molecule has 0 aromatic carbocycles. The lowest BCUT2D eigenvalue weighted by molar-refractivity contribution is 0.218. The normalized spacial score (nSPS) is 12.4. The maximum absolute atomic E-state index is 10.3. The minimum atomic E-state index is -0.651. The van der Waals surface area contributed by atoms with Crippen molar-refractivity contribution >= 4 is 0 Å². The number of aromatic nitrogens is 2. The number of aliphatic hydroxyl groups excluding tert-OH is 1. The van der Waals surface area contributed by atoms with Crippen LogP contribution in [0.3, 0.4) is 0 Å². The van der Waals surface area contributed by atoms with E-state index in [1.165, 1.54) is 0 Å². The smallest absolute Gasteiger partial charge is 0.108 e. The molecule has 82 valence electrons. The lowest BCUT2D eigenvalue weighted by Crippen LogP contribution is -2.05. The first-order valence-corrected chi connectivity index (χ1v) is 5.20. The molecule has 2 aromatic rings. The Morgan fingerprint density at radius 2 is 1.94 bits per heavy atom. The lowest BCUT2D eigenvalue weighted by Gasteiger charge is -2.14. The largest absolute Gasteiger partial charge is 0.384 e. The zero-order valence-corrected chi connectivity index (χ0v) is 9.38. The highest BCUT2D eigenvalue weighted by Crippen LogP contribution is 2.24. The molecule has 1 N–H and O–H groups in total. The predicted molar refractivity (Wildman–Crippen MR) is 62.0 cm³/mol. The summed E-state index contributed by atoms with van der Waals surface area (Å²) in [6.45, 7) is 3.86. The molecule has 0 fully saturated rings. The molecular weight excluding hydrogens is 200 g/mol. The Morgan fingerprint density at radius 3 is 2.62 bits per heavy atom. The van der Waals surface area contributed by atoms with Crippen LogP contribution in [0.15, 0.2) is 36.8 Å². The van der Waals surface area contributed by atoms with E-state index in [-0.39, 0.29) is 0 Å². The van der Waals surface area contributed by atoms with E-state index in [1.807, 2.05) is 32.0 Å². The third-order valence-electron chi connectivity index (χ3n) is 2.72. The summed E-state index contributed by atoms with van der Waals surface area (Å²) in [5, 5.41) is 10.3. The van der Waals surface area contributed by atoms with Gasteiger partial charge >= 0.3 is 0 Å². The highest BCUT2D eigenvalue weighted by molar-refractivity contribution is 5.34. The maximum atomic E-state index is 10.3. The molecule has 2 heterocycles. The summed E-state index contributed by atoms with van der Waals surface area (Å²) >= 11 is 0. The molecule has 0 aliphatic heterocycles. The van der Waals surface area contributed by atoms with Crippen LogP contribution in [0, 0.1) is 13.8 Å². The number of pyridine rings is 2. The van der Waals surface area contributed by atoms with Crippen molar-refractivity contribution in [3.05, 3.63) is 59.2 Å². The van der Waals surface area contributed by atoms with Crippen LogP contribution in [-0.4, -0.2) is 15.1 Å². The molecule has 0 amide bonds. The van der Waals surface area contributed by atoms with Crippen molar-refractivity contribution in [2.24, 2.45) is 0 Å². The molecule has 1 atom stereocenters. The molecule has 3 nitrogen and oxygen atoms in total. The maximum Gasteiger partial charge on any atom is 0.108 e. The van der Waals surface area contributed by atoms with E-state index in [4.69, 9.17) is 0 Å². The number of hydrogen-bond donors (Lipinski definition) is 1. The van der Waals surface area contributed by atoms with Crippen LogP contribution in [0.4, 0.5) is 0 Å². The number of aryl methyl sites for hydroxylation is 2. The molecule has 3 heteroatoms. The predicted octanol–water partition coefficient (Wildman–Crippen LogP) is 2.18. The topological polar surface area (TPSA) is 46.0 Å². The van der Waals surface area contributed by atoms with Gasteiger partial charge in [-0.05, 0) is 31.5 Å². The van der Waals surface area contributed by atoms with Gasteiger partial charge in [0, 0.05) is 35.4 Å². The average molecular weight is 214 g/mol. The fourth-order valence-electron chi connectivity index (χ4n) is 1.72. The van der Waals surface area contributed by atoms with E-state index in [1.54, 1.807) is 18.6 Å². The second-order valence-corrected chi connectivity index (χ2v) is 3.81. The van der Waals surface area contributed by atoms with Gasteiger partial charge in [-0.1, -0.05) is 6.07 Å². The van der Waals surface area contributed by atoms with Gasteiger partial charge in [-0.25, -0.2) is 0 Å². The first-order valence-electron chi connectivity index (χ1n) is 5.20. The second kappa shape index (κ2) is 4.41. The van der Waals surface area contributed by atoms with Crippen LogP contribution in [0.1, 0.15) is 28.5 Å². The summed E-state index contributed by atoms with van der Waals surface area (Å²) in [5.74, 6) is 0. The van der Waals surface area contributed by atoms with Gasteiger partial charge in [0.1, 0.15) is 6.10 Å². The van der Waals surface area contributed by atoms with Crippen LogP contribution in [0.5, 0.6) is 0 Å². The van der Waals surface area contributed by atoms with Crippen molar-refractivity contribution in [3.8, 4) is 0 Å². The van der Waals surface area contributed by atoms with E-state index in [0.29, 0.717) is 0 Å². The highest BCUT2D eigenvalue weighted by Gasteiger charge is 2.15. The summed E-state index contributed by atoms with van der Waals surface area (Å²) in [5.41, 5.74) is 3.54. The van der Waals surface area contributed by atoms with Crippen LogP contribution in [-0.2, 0) is 0 Å². The molecule has 2 aromatic heterocycles. The Morgan fingerprint density at radius 1 is 1.12 bits per heavy atom. The van der Waals surface area contributed by atoms with Crippen molar-refractivity contribution in [1.29, 1.82) is 0 Å². The van der Waals surface area contributed by atoms with Gasteiger partial charge in [-0.2, -0.15) is 0 Å². The Bertz CT molecular complexity index is 451. The fourth-order valence-corrected chi connectivity index (χ4v) is 1.72. The highest BCUT2D eigenvalue weighted by atomic mass is 16.3. The van der Waals surface area contributed by atoms with Gasteiger partial charge in [0.2, 0.25) is 0 Å². The van der Waals surface area contributed by atoms with Crippen LogP contribution >= 0.6 is 0 Å². The van der Waals surface area contributed by atoms with Crippen molar-refractivity contribution in [1.82, 2.24) is 9.97 Å². The van der Waals surface area contributed by atoms with Crippen LogP contribution < -0.4 is 0 Å². The van der Waals surface area contributed by atoms with Gasteiger partial charge < -0.3 is 5.11 Å². The van der Waals surface area contributed by atoms with Gasteiger partial charge in [0.15, 0.2) is 0 Å². The SMILES string of the molecule is Cc1ccncc1C(O)c1cccnc1C. The molecule has 0 spiro atoms. The number of nitrogens with zero attached hydrogens (tertiary/aromatic N) is 2. The minimum absolute atomic E-state index is 0.651.